The summed E-state index contributed by atoms with van der Waals surface area (Å²) in [5.74, 6) is 0. The van der Waals surface area contributed by atoms with Crippen LogP contribution in [0.5, 0.6) is 0 Å². The predicted octanol–water partition coefficient (Wildman–Crippen LogP) is 2.67. The van der Waals surface area contributed by atoms with Crippen LogP contribution in [-0.2, 0) is 6.42 Å². The molecule has 0 aliphatic heterocycles. The second-order valence-corrected chi connectivity index (χ2v) is 3.24. The van der Waals surface area contributed by atoms with Crippen molar-refractivity contribution < 1.29 is 0 Å². The van der Waals surface area contributed by atoms with Gasteiger partial charge < -0.3 is 0 Å². The molecule has 0 spiro atoms. The number of aromatic nitrogens is 2. The van der Waals surface area contributed by atoms with Crippen LogP contribution in [0.15, 0.2) is 36.9 Å². The second-order valence-electron chi connectivity index (χ2n) is 3.24. The van der Waals surface area contributed by atoms with Crippen LogP contribution in [-0.4, -0.2) is 9.97 Å². The SMILES string of the molecule is C=CCc1nc2ccccc2nc1C. The molecule has 0 fully saturated rings. The maximum absolute atomic E-state index is 4.53. The number of hydrogen-bond donors (Lipinski definition) is 0. The van der Waals surface area contributed by atoms with Crippen LogP contribution in [0.3, 0.4) is 0 Å². The highest BCUT2D eigenvalue weighted by Gasteiger charge is 2.02. The van der Waals surface area contributed by atoms with E-state index in [2.05, 4.69) is 16.5 Å². The summed E-state index contributed by atoms with van der Waals surface area (Å²) in [5.41, 5.74) is 3.91. The van der Waals surface area contributed by atoms with Crippen LogP contribution in [0, 0.1) is 6.92 Å². The van der Waals surface area contributed by atoms with Gasteiger partial charge in [0.15, 0.2) is 0 Å². The Morgan fingerprint density at radius 1 is 1.21 bits per heavy atom. The predicted molar refractivity (Wildman–Crippen MR) is 58.2 cm³/mol. The van der Waals surface area contributed by atoms with E-state index in [9.17, 15) is 0 Å². The molecule has 2 nitrogen and oxygen atoms in total. The van der Waals surface area contributed by atoms with E-state index in [1.165, 1.54) is 0 Å². The number of nitrogens with zero attached hydrogens (tertiary/aromatic N) is 2. The third-order valence-corrected chi connectivity index (χ3v) is 2.18. The van der Waals surface area contributed by atoms with Gasteiger partial charge in [-0.3, -0.25) is 0 Å². The summed E-state index contributed by atoms with van der Waals surface area (Å²) in [6.45, 7) is 5.69. The quantitative estimate of drug-likeness (QED) is 0.670. The summed E-state index contributed by atoms with van der Waals surface area (Å²) in [6, 6.07) is 7.91. The van der Waals surface area contributed by atoms with E-state index in [4.69, 9.17) is 0 Å². The van der Waals surface area contributed by atoms with Crippen molar-refractivity contribution in [2.24, 2.45) is 0 Å². The summed E-state index contributed by atoms with van der Waals surface area (Å²) in [5, 5.41) is 0. The standard InChI is InChI=1S/C12H12N2/c1-3-6-10-9(2)13-11-7-4-5-8-12(11)14-10/h3-5,7-8H,1,6H2,2H3. The van der Waals surface area contributed by atoms with Crippen molar-refractivity contribution in [1.82, 2.24) is 9.97 Å². The molecule has 0 unspecified atom stereocenters. The molecular weight excluding hydrogens is 172 g/mol. The lowest BCUT2D eigenvalue weighted by atomic mass is 10.2. The highest BCUT2D eigenvalue weighted by molar-refractivity contribution is 5.74. The van der Waals surface area contributed by atoms with Crippen molar-refractivity contribution in [1.29, 1.82) is 0 Å². The Morgan fingerprint density at radius 3 is 2.50 bits per heavy atom. The lowest BCUT2D eigenvalue weighted by molar-refractivity contribution is 1.04. The molecule has 0 aliphatic rings. The molecule has 2 aromatic rings. The molecule has 0 aliphatic carbocycles. The zero-order chi connectivity index (χ0) is 9.97. The number of rotatable bonds is 2. The normalized spacial score (nSPS) is 10.4. The molecule has 0 atom stereocenters. The molecule has 1 aromatic heterocycles. The van der Waals surface area contributed by atoms with Gasteiger partial charge in [-0.25, -0.2) is 9.97 Å². The summed E-state index contributed by atoms with van der Waals surface area (Å²) in [7, 11) is 0. The van der Waals surface area contributed by atoms with E-state index in [0.717, 1.165) is 28.8 Å². The van der Waals surface area contributed by atoms with Gasteiger partial charge in [0.1, 0.15) is 0 Å². The molecule has 0 N–H and O–H groups in total. The average molecular weight is 184 g/mol. The van der Waals surface area contributed by atoms with Crippen molar-refractivity contribution in [2.75, 3.05) is 0 Å². The largest absolute Gasteiger partial charge is 0.250 e. The minimum Gasteiger partial charge on any atom is -0.250 e. The topological polar surface area (TPSA) is 25.8 Å². The minimum atomic E-state index is 0.781. The highest BCUT2D eigenvalue weighted by atomic mass is 14.8. The van der Waals surface area contributed by atoms with Gasteiger partial charge in [0, 0.05) is 6.42 Å². The first kappa shape index (κ1) is 8.88. The molecule has 14 heavy (non-hydrogen) atoms. The Balaban J connectivity index is 2.64. The van der Waals surface area contributed by atoms with Gasteiger partial charge in [-0.05, 0) is 19.1 Å². The number of para-hydroxylation sites is 2. The van der Waals surface area contributed by atoms with E-state index in [-0.39, 0.29) is 0 Å². The van der Waals surface area contributed by atoms with Gasteiger partial charge in [-0.15, -0.1) is 6.58 Å². The van der Waals surface area contributed by atoms with Crippen LogP contribution in [0.4, 0.5) is 0 Å². The zero-order valence-electron chi connectivity index (χ0n) is 8.20. The van der Waals surface area contributed by atoms with E-state index >= 15 is 0 Å². The van der Waals surface area contributed by atoms with Crippen molar-refractivity contribution in [3.05, 3.63) is 48.3 Å². The molecule has 1 aromatic carbocycles. The summed E-state index contributed by atoms with van der Waals surface area (Å²) >= 11 is 0. The van der Waals surface area contributed by atoms with Crippen molar-refractivity contribution in [3.8, 4) is 0 Å². The summed E-state index contributed by atoms with van der Waals surface area (Å²) in [4.78, 5) is 9.01. The lowest BCUT2D eigenvalue weighted by Crippen LogP contribution is -1.96. The van der Waals surface area contributed by atoms with E-state index < -0.39 is 0 Å². The molecule has 1 heterocycles. The molecule has 0 radical (unpaired) electrons. The van der Waals surface area contributed by atoms with Gasteiger partial charge in [-0.1, -0.05) is 18.2 Å². The molecule has 2 heteroatoms. The van der Waals surface area contributed by atoms with E-state index in [1.54, 1.807) is 0 Å². The van der Waals surface area contributed by atoms with Gasteiger partial charge in [-0.2, -0.15) is 0 Å². The van der Waals surface area contributed by atoms with Crippen molar-refractivity contribution in [2.45, 2.75) is 13.3 Å². The minimum absolute atomic E-state index is 0.781. The van der Waals surface area contributed by atoms with Crippen molar-refractivity contribution in [3.63, 3.8) is 0 Å². The summed E-state index contributed by atoms with van der Waals surface area (Å²) < 4.78 is 0. The fourth-order valence-corrected chi connectivity index (χ4v) is 1.45. The van der Waals surface area contributed by atoms with Crippen LogP contribution < -0.4 is 0 Å². The van der Waals surface area contributed by atoms with Crippen LogP contribution in [0.1, 0.15) is 11.4 Å². The molecule has 0 saturated heterocycles. The molecule has 0 saturated carbocycles. The third kappa shape index (κ3) is 1.51. The molecule has 0 bridgehead atoms. The second kappa shape index (κ2) is 3.58. The number of benzene rings is 1. The monoisotopic (exact) mass is 184 g/mol. The van der Waals surface area contributed by atoms with Crippen LogP contribution in [0.2, 0.25) is 0 Å². The highest BCUT2D eigenvalue weighted by Crippen LogP contribution is 2.12. The van der Waals surface area contributed by atoms with Gasteiger partial charge in [0.2, 0.25) is 0 Å². The Kier molecular flexibility index (Phi) is 2.27. The van der Waals surface area contributed by atoms with Crippen LogP contribution in [0.25, 0.3) is 11.0 Å². The van der Waals surface area contributed by atoms with Gasteiger partial charge in [0.05, 0.1) is 22.4 Å². The maximum Gasteiger partial charge on any atom is 0.0890 e. The third-order valence-electron chi connectivity index (χ3n) is 2.18. The molecule has 0 amide bonds. The first-order chi connectivity index (χ1) is 6.81. The Bertz CT molecular complexity index is 475. The first-order valence-corrected chi connectivity index (χ1v) is 4.64. The van der Waals surface area contributed by atoms with E-state index in [1.807, 2.05) is 37.3 Å². The number of hydrogen-bond acceptors (Lipinski definition) is 2. The number of aryl methyl sites for hydroxylation is 1. The fraction of sp³-hybridized carbons (Fsp3) is 0.167. The Labute approximate surface area is 83.3 Å². The molecule has 70 valence electrons. The number of allylic oxidation sites excluding steroid dienone is 1. The fourth-order valence-electron chi connectivity index (χ4n) is 1.45. The van der Waals surface area contributed by atoms with Crippen LogP contribution >= 0.6 is 0 Å². The Hall–Kier alpha value is -1.70. The average Bonchev–Trinajstić information content (AvgIpc) is 2.19. The number of fused-ring (bicyclic) bond motifs is 1. The van der Waals surface area contributed by atoms with Gasteiger partial charge in [0.25, 0.3) is 0 Å². The zero-order valence-corrected chi connectivity index (χ0v) is 8.20. The molecular formula is C12H12N2. The van der Waals surface area contributed by atoms with Crippen molar-refractivity contribution >= 4 is 11.0 Å². The molecule has 2 rings (SSSR count). The lowest BCUT2D eigenvalue weighted by Gasteiger charge is -2.03. The Morgan fingerprint density at radius 2 is 1.86 bits per heavy atom. The van der Waals surface area contributed by atoms with Gasteiger partial charge >= 0.3 is 0 Å². The first-order valence-electron chi connectivity index (χ1n) is 4.64. The van der Waals surface area contributed by atoms with E-state index in [0.29, 0.717) is 0 Å². The summed E-state index contributed by atoms with van der Waals surface area (Å²) in [6.07, 6.45) is 2.63. The smallest absolute Gasteiger partial charge is 0.0890 e. The maximum atomic E-state index is 4.53.